The number of hydrogen-bond acceptors (Lipinski definition) is 1. The number of halogens is 3. The Morgan fingerprint density at radius 2 is 1.87 bits per heavy atom. The number of alkyl halides is 3. The van der Waals surface area contributed by atoms with Crippen LogP contribution in [0.15, 0.2) is 0 Å². The van der Waals surface area contributed by atoms with E-state index in [1.165, 1.54) is 0 Å². The van der Waals surface area contributed by atoms with Crippen LogP contribution in [0.25, 0.3) is 0 Å². The van der Waals surface area contributed by atoms with Crippen molar-refractivity contribution in [1.82, 2.24) is 0 Å². The van der Waals surface area contributed by atoms with E-state index in [1.54, 1.807) is 0 Å². The minimum absolute atomic E-state index is 0.0280. The lowest BCUT2D eigenvalue weighted by Gasteiger charge is -2.12. The second-order valence-electron chi connectivity index (χ2n) is 4.25. The molecule has 2 rings (SSSR count). The normalized spacial score (nSPS) is 16.1. The maximum absolute atomic E-state index is 12.8. The molecule has 84 valence electrons. The highest BCUT2D eigenvalue weighted by molar-refractivity contribution is 7.12. The zero-order chi connectivity index (χ0) is 11.2. The predicted octanol–water partition coefficient (Wildman–Crippen LogP) is 4.38. The van der Waals surface area contributed by atoms with Gasteiger partial charge in [0.2, 0.25) is 0 Å². The summed E-state index contributed by atoms with van der Waals surface area (Å²) in [6.07, 6.45) is -1.50. The molecule has 1 aliphatic rings. The Balaban J connectivity index is 2.56. The molecule has 0 saturated carbocycles. The van der Waals surface area contributed by atoms with Gasteiger partial charge in [0, 0.05) is 4.88 Å². The third-order valence-corrected chi connectivity index (χ3v) is 4.15. The standard InChI is InChI=1S/C11H13F3S/c1-6(2)9-7-4-3-5-8(7)15-10(9)11(12,13)14/h6H,3-5H2,1-2H3. The molecule has 1 aliphatic carbocycles. The van der Waals surface area contributed by atoms with Gasteiger partial charge in [-0.25, -0.2) is 0 Å². The van der Waals surface area contributed by atoms with E-state index in [9.17, 15) is 13.2 Å². The first-order valence-electron chi connectivity index (χ1n) is 5.13. The van der Waals surface area contributed by atoms with Crippen molar-refractivity contribution in [1.29, 1.82) is 0 Å². The van der Waals surface area contributed by atoms with Gasteiger partial charge >= 0.3 is 6.18 Å². The molecule has 0 amide bonds. The molecule has 1 aromatic rings. The Bertz CT molecular complexity index is 374. The number of hydrogen-bond donors (Lipinski definition) is 0. The number of fused-ring (bicyclic) bond motifs is 1. The minimum atomic E-state index is -4.17. The van der Waals surface area contributed by atoms with Gasteiger partial charge in [0.25, 0.3) is 0 Å². The SMILES string of the molecule is CC(C)c1c(C(F)(F)F)sc2c1CCC2. The van der Waals surface area contributed by atoms with Gasteiger partial charge in [0.15, 0.2) is 0 Å². The lowest BCUT2D eigenvalue weighted by Crippen LogP contribution is -2.07. The van der Waals surface area contributed by atoms with E-state index >= 15 is 0 Å². The Kier molecular flexibility index (Phi) is 2.57. The van der Waals surface area contributed by atoms with Gasteiger partial charge in [-0.2, -0.15) is 13.2 Å². The van der Waals surface area contributed by atoms with Crippen molar-refractivity contribution in [3.8, 4) is 0 Å². The van der Waals surface area contributed by atoms with Gasteiger partial charge in [-0.05, 0) is 36.3 Å². The molecule has 0 saturated heterocycles. The van der Waals surface area contributed by atoms with Crippen LogP contribution in [0.3, 0.4) is 0 Å². The molecule has 0 aliphatic heterocycles. The van der Waals surface area contributed by atoms with Crippen molar-refractivity contribution in [2.75, 3.05) is 0 Å². The molecule has 0 unspecified atom stereocenters. The quantitative estimate of drug-likeness (QED) is 0.676. The molecular weight excluding hydrogens is 221 g/mol. The van der Waals surface area contributed by atoms with Crippen molar-refractivity contribution in [2.45, 2.75) is 45.2 Å². The molecule has 15 heavy (non-hydrogen) atoms. The first-order chi connectivity index (χ1) is 6.91. The smallest absolute Gasteiger partial charge is 0.165 e. The molecule has 1 heterocycles. The van der Waals surface area contributed by atoms with Crippen LogP contribution in [0.4, 0.5) is 13.2 Å². The number of aryl methyl sites for hydroxylation is 1. The summed E-state index contributed by atoms with van der Waals surface area (Å²) < 4.78 is 38.3. The molecule has 0 atom stereocenters. The molecular formula is C11H13F3S. The fourth-order valence-corrected chi connectivity index (χ4v) is 3.66. The van der Waals surface area contributed by atoms with Gasteiger partial charge in [0.05, 0.1) is 0 Å². The summed E-state index contributed by atoms with van der Waals surface area (Å²) in [4.78, 5) is 0.605. The molecule has 0 radical (unpaired) electrons. The van der Waals surface area contributed by atoms with Crippen LogP contribution in [0, 0.1) is 0 Å². The molecule has 0 aromatic carbocycles. The fourth-order valence-electron chi connectivity index (χ4n) is 2.25. The fraction of sp³-hybridized carbons (Fsp3) is 0.636. The van der Waals surface area contributed by atoms with Gasteiger partial charge in [-0.3, -0.25) is 0 Å². The summed E-state index contributed by atoms with van der Waals surface area (Å²) in [7, 11) is 0. The molecule has 0 spiro atoms. The topological polar surface area (TPSA) is 0 Å². The summed E-state index contributed by atoms with van der Waals surface area (Å²) in [5, 5.41) is 0. The highest BCUT2D eigenvalue weighted by Gasteiger charge is 2.39. The van der Waals surface area contributed by atoms with Gasteiger partial charge in [0.1, 0.15) is 4.88 Å². The number of thiophene rings is 1. The predicted molar refractivity (Wildman–Crippen MR) is 55.4 cm³/mol. The average Bonchev–Trinajstić information content (AvgIpc) is 2.56. The summed E-state index contributed by atoms with van der Waals surface area (Å²) in [6, 6.07) is 0. The second kappa shape index (κ2) is 3.51. The molecule has 0 N–H and O–H groups in total. The van der Waals surface area contributed by atoms with Crippen LogP contribution in [-0.4, -0.2) is 0 Å². The molecule has 0 fully saturated rings. The molecule has 1 aromatic heterocycles. The van der Waals surface area contributed by atoms with Crippen molar-refractivity contribution < 1.29 is 13.2 Å². The number of rotatable bonds is 1. The summed E-state index contributed by atoms with van der Waals surface area (Å²) in [5.74, 6) is -0.0280. The largest absolute Gasteiger partial charge is 0.425 e. The van der Waals surface area contributed by atoms with Crippen molar-refractivity contribution in [3.63, 3.8) is 0 Å². The van der Waals surface area contributed by atoms with Crippen LogP contribution >= 0.6 is 11.3 Å². The Labute approximate surface area is 91.1 Å². The molecule has 4 heteroatoms. The minimum Gasteiger partial charge on any atom is -0.165 e. The van der Waals surface area contributed by atoms with Crippen LogP contribution in [-0.2, 0) is 19.0 Å². The zero-order valence-corrected chi connectivity index (χ0v) is 9.56. The van der Waals surface area contributed by atoms with E-state index in [-0.39, 0.29) is 10.8 Å². The molecule has 0 bridgehead atoms. The van der Waals surface area contributed by atoms with E-state index in [4.69, 9.17) is 0 Å². The van der Waals surface area contributed by atoms with E-state index in [0.29, 0.717) is 5.56 Å². The summed E-state index contributed by atoms with van der Waals surface area (Å²) >= 11 is 0.959. The Morgan fingerprint density at radius 3 is 2.40 bits per heavy atom. The van der Waals surface area contributed by atoms with Crippen molar-refractivity contribution in [2.24, 2.45) is 0 Å². The Morgan fingerprint density at radius 1 is 1.20 bits per heavy atom. The van der Waals surface area contributed by atoms with E-state index in [2.05, 4.69) is 0 Å². The molecule has 0 nitrogen and oxygen atoms in total. The van der Waals surface area contributed by atoms with Crippen molar-refractivity contribution >= 4 is 11.3 Å². The first kappa shape index (κ1) is 11.0. The lowest BCUT2D eigenvalue weighted by molar-refractivity contribution is -0.135. The van der Waals surface area contributed by atoms with Crippen molar-refractivity contribution in [3.05, 3.63) is 20.9 Å². The van der Waals surface area contributed by atoms with Gasteiger partial charge < -0.3 is 0 Å². The first-order valence-corrected chi connectivity index (χ1v) is 5.94. The maximum atomic E-state index is 12.8. The van der Waals surface area contributed by atoms with Crippen LogP contribution in [0.2, 0.25) is 0 Å². The highest BCUT2D eigenvalue weighted by Crippen LogP contribution is 2.46. The second-order valence-corrected chi connectivity index (χ2v) is 5.36. The third-order valence-electron chi connectivity index (χ3n) is 2.80. The van der Waals surface area contributed by atoms with Gasteiger partial charge in [-0.15, -0.1) is 11.3 Å². The van der Waals surface area contributed by atoms with Crippen LogP contribution in [0.5, 0.6) is 0 Å². The third kappa shape index (κ3) is 1.80. The van der Waals surface area contributed by atoms with E-state index in [0.717, 1.165) is 41.0 Å². The lowest BCUT2D eigenvalue weighted by atomic mass is 9.97. The van der Waals surface area contributed by atoms with Crippen LogP contribution < -0.4 is 0 Å². The average molecular weight is 234 g/mol. The summed E-state index contributed by atoms with van der Waals surface area (Å²) in [5.41, 5.74) is 1.54. The summed E-state index contributed by atoms with van der Waals surface area (Å²) in [6.45, 7) is 3.69. The Hall–Kier alpha value is -0.510. The van der Waals surface area contributed by atoms with Gasteiger partial charge in [-0.1, -0.05) is 13.8 Å². The van der Waals surface area contributed by atoms with E-state index < -0.39 is 6.18 Å². The monoisotopic (exact) mass is 234 g/mol. The highest BCUT2D eigenvalue weighted by atomic mass is 32.1. The maximum Gasteiger partial charge on any atom is 0.425 e. The zero-order valence-electron chi connectivity index (χ0n) is 8.74. The van der Waals surface area contributed by atoms with Crippen LogP contribution in [0.1, 0.15) is 47.1 Å². The van der Waals surface area contributed by atoms with E-state index in [1.807, 2.05) is 13.8 Å².